The maximum absolute atomic E-state index is 13.2. The maximum atomic E-state index is 13.2. The van der Waals surface area contributed by atoms with Crippen molar-refractivity contribution in [1.29, 1.82) is 0 Å². The SMILES string of the molecule is COc1ccc(-c2ncc3c(n2)CCN(C(=O)Nc2ccccc2C(F)(F)F)C3)cc1. The average Bonchev–Trinajstić information content (AvgIpc) is 2.78. The van der Waals surface area contributed by atoms with Crippen LogP contribution in [0.4, 0.5) is 23.7 Å². The second kappa shape index (κ2) is 8.25. The number of alkyl halides is 3. The lowest BCUT2D eigenvalue weighted by molar-refractivity contribution is -0.136. The van der Waals surface area contributed by atoms with E-state index in [1.54, 1.807) is 13.3 Å². The Labute approximate surface area is 176 Å². The number of carbonyl (C=O) groups is 1. The molecular formula is C22H19F3N4O2. The molecule has 2 heterocycles. The van der Waals surface area contributed by atoms with Gasteiger partial charge in [-0.05, 0) is 36.4 Å². The number of fused-ring (bicyclic) bond motifs is 1. The van der Waals surface area contributed by atoms with E-state index < -0.39 is 17.8 Å². The molecule has 2 amide bonds. The molecule has 9 heteroatoms. The van der Waals surface area contributed by atoms with Crippen LogP contribution in [0, 0.1) is 0 Å². The number of urea groups is 1. The van der Waals surface area contributed by atoms with E-state index in [4.69, 9.17) is 4.74 Å². The second-order valence-electron chi connectivity index (χ2n) is 7.04. The molecule has 0 saturated heterocycles. The number of ether oxygens (including phenoxy) is 1. The molecule has 4 rings (SSSR count). The number of amides is 2. The molecule has 0 atom stereocenters. The molecule has 0 bridgehead atoms. The summed E-state index contributed by atoms with van der Waals surface area (Å²) < 4.78 is 44.7. The molecule has 0 spiro atoms. The van der Waals surface area contributed by atoms with E-state index in [-0.39, 0.29) is 12.2 Å². The zero-order valence-electron chi connectivity index (χ0n) is 16.6. The van der Waals surface area contributed by atoms with E-state index in [9.17, 15) is 18.0 Å². The van der Waals surface area contributed by atoms with Crippen LogP contribution in [0.3, 0.4) is 0 Å². The van der Waals surface area contributed by atoms with Gasteiger partial charge in [-0.1, -0.05) is 12.1 Å². The van der Waals surface area contributed by atoms with E-state index in [1.165, 1.54) is 23.1 Å². The Morgan fingerprint density at radius 1 is 1.13 bits per heavy atom. The lowest BCUT2D eigenvalue weighted by Gasteiger charge is -2.28. The molecule has 6 nitrogen and oxygen atoms in total. The number of hydrogen-bond acceptors (Lipinski definition) is 4. The van der Waals surface area contributed by atoms with E-state index in [0.717, 1.165) is 28.6 Å². The maximum Gasteiger partial charge on any atom is 0.418 e. The summed E-state index contributed by atoms with van der Waals surface area (Å²) in [5, 5.41) is 2.38. The van der Waals surface area contributed by atoms with Crippen molar-refractivity contribution in [2.24, 2.45) is 0 Å². The van der Waals surface area contributed by atoms with E-state index in [0.29, 0.717) is 18.8 Å². The first-order valence-electron chi connectivity index (χ1n) is 9.56. The van der Waals surface area contributed by atoms with Gasteiger partial charge in [-0.2, -0.15) is 13.2 Å². The summed E-state index contributed by atoms with van der Waals surface area (Å²) in [6, 6.07) is 11.7. The van der Waals surface area contributed by atoms with Gasteiger partial charge in [0.25, 0.3) is 0 Å². The van der Waals surface area contributed by atoms with Crippen LogP contribution < -0.4 is 10.1 Å². The largest absolute Gasteiger partial charge is 0.497 e. The Hall–Kier alpha value is -3.62. The van der Waals surface area contributed by atoms with Crippen molar-refractivity contribution in [2.75, 3.05) is 19.0 Å². The normalized spacial score (nSPS) is 13.5. The fourth-order valence-electron chi connectivity index (χ4n) is 3.40. The fraction of sp³-hybridized carbons (Fsp3) is 0.227. The summed E-state index contributed by atoms with van der Waals surface area (Å²) in [6.45, 7) is 0.560. The third-order valence-electron chi connectivity index (χ3n) is 5.04. The molecule has 3 aromatic rings. The van der Waals surface area contributed by atoms with Crippen molar-refractivity contribution in [1.82, 2.24) is 14.9 Å². The number of methoxy groups -OCH3 is 1. The number of benzene rings is 2. The van der Waals surface area contributed by atoms with Crippen molar-refractivity contribution in [3.63, 3.8) is 0 Å². The van der Waals surface area contributed by atoms with Crippen LogP contribution in [0.25, 0.3) is 11.4 Å². The van der Waals surface area contributed by atoms with Gasteiger partial charge in [0.1, 0.15) is 5.75 Å². The smallest absolute Gasteiger partial charge is 0.418 e. The third kappa shape index (κ3) is 4.45. The molecule has 0 fully saturated rings. The highest BCUT2D eigenvalue weighted by Crippen LogP contribution is 2.34. The zero-order valence-corrected chi connectivity index (χ0v) is 16.6. The number of hydrogen-bond donors (Lipinski definition) is 1. The lowest BCUT2D eigenvalue weighted by Crippen LogP contribution is -2.39. The second-order valence-corrected chi connectivity index (χ2v) is 7.04. The number of nitrogens with zero attached hydrogens (tertiary/aromatic N) is 3. The summed E-state index contributed by atoms with van der Waals surface area (Å²) >= 11 is 0. The predicted molar refractivity (Wildman–Crippen MR) is 109 cm³/mol. The molecule has 0 aliphatic carbocycles. The molecule has 1 aromatic heterocycles. The van der Waals surface area contributed by atoms with Crippen LogP contribution >= 0.6 is 0 Å². The van der Waals surface area contributed by atoms with Crippen LogP contribution in [0.2, 0.25) is 0 Å². The molecule has 1 aliphatic rings. The number of anilines is 1. The summed E-state index contributed by atoms with van der Waals surface area (Å²) in [4.78, 5) is 23.0. The average molecular weight is 428 g/mol. The molecule has 31 heavy (non-hydrogen) atoms. The molecule has 0 saturated carbocycles. The Morgan fingerprint density at radius 3 is 2.58 bits per heavy atom. The molecule has 2 aromatic carbocycles. The van der Waals surface area contributed by atoms with Crippen molar-refractivity contribution < 1.29 is 22.7 Å². The van der Waals surface area contributed by atoms with Crippen molar-refractivity contribution in [3.8, 4) is 17.1 Å². The molecule has 0 radical (unpaired) electrons. The van der Waals surface area contributed by atoms with Gasteiger partial charge in [0.2, 0.25) is 0 Å². The third-order valence-corrected chi connectivity index (χ3v) is 5.04. The molecule has 1 N–H and O–H groups in total. The van der Waals surface area contributed by atoms with Crippen molar-refractivity contribution in [2.45, 2.75) is 19.1 Å². The first-order chi connectivity index (χ1) is 14.8. The minimum atomic E-state index is -4.55. The van der Waals surface area contributed by atoms with E-state index in [2.05, 4.69) is 15.3 Å². The molecule has 0 unspecified atom stereocenters. The predicted octanol–water partition coefficient (Wildman–Crippen LogP) is 4.76. The van der Waals surface area contributed by atoms with Crippen LogP contribution in [-0.4, -0.2) is 34.6 Å². The van der Waals surface area contributed by atoms with E-state index >= 15 is 0 Å². The Morgan fingerprint density at radius 2 is 1.87 bits per heavy atom. The first kappa shape index (κ1) is 20.6. The Bertz CT molecular complexity index is 1100. The summed E-state index contributed by atoms with van der Waals surface area (Å²) in [5.74, 6) is 1.30. The summed E-state index contributed by atoms with van der Waals surface area (Å²) in [6.07, 6.45) is -2.41. The van der Waals surface area contributed by atoms with Gasteiger partial charge in [-0.15, -0.1) is 0 Å². The minimum absolute atomic E-state index is 0.220. The summed E-state index contributed by atoms with van der Waals surface area (Å²) in [5.41, 5.74) is 1.28. The first-order valence-corrected chi connectivity index (χ1v) is 9.56. The van der Waals surface area contributed by atoms with Crippen molar-refractivity contribution in [3.05, 3.63) is 71.5 Å². The number of nitrogens with one attached hydrogen (secondary N) is 1. The zero-order chi connectivity index (χ0) is 22.0. The number of halogens is 3. The lowest BCUT2D eigenvalue weighted by atomic mass is 10.1. The van der Waals surface area contributed by atoms with E-state index in [1.807, 2.05) is 24.3 Å². The number of aromatic nitrogens is 2. The van der Waals surface area contributed by atoms with Gasteiger partial charge in [0.15, 0.2) is 5.82 Å². The fourth-order valence-corrected chi connectivity index (χ4v) is 3.40. The van der Waals surface area contributed by atoms with Gasteiger partial charge >= 0.3 is 12.2 Å². The number of carbonyl (C=O) groups excluding carboxylic acids is 1. The minimum Gasteiger partial charge on any atom is -0.497 e. The van der Waals surface area contributed by atoms with Gasteiger partial charge < -0.3 is 15.0 Å². The highest BCUT2D eigenvalue weighted by atomic mass is 19.4. The van der Waals surface area contributed by atoms with Gasteiger partial charge in [0.05, 0.1) is 30.6 Å². The highest BCUT2D eigenvalue weighted by molar-refractivity contribution is 5.90. The Kier molecular flexibility index (Phi) is 5.50. The number of rotatable bonds is 3. The van der Waals surface area contributed by atoms with Crippen molar-refractivity contribution >= 4 is 11.7 Å². The Balaban J connectivity index is 1.49. The molecule has 160 valence electrons. The van der Waals surface area contributed by atoms with Gasteiger partial charge in [0, 0.05) is 30.3 Å². The van der Waals surface area contributed by atoms with Crippen LogP contribution in [0.1, 0.15) is 16.8 Å². The van der Waals surface area contributed by atoms with Gasteiger partial charge in [-0.3, -0.25) is 0 Å². The van der Waals surface area contributed by atoms with Crippen LogP contribution in [0.15, 0.2) is 54.7 Å². The number of para-hydroxylation sites is 1. The van der Waals surface area contributed by atoms with Crippen LogP contribution in [0.5, 0.6) is 5.75 Å². The topological polar surface area (TPSA) is 67.4 Å². The molecular weight excluding hydrogens is 409 g/mol. The van der Waals surface area contributed by atoms with Gasteiger partial charge in [-0.25, -0.2) is 14.8 Å². The summed E-state index contributed by atoms with van der Waals surface area (Å²) in [7, 11) is 1.59. The highest BCUT2D eigenvalue weighted by Gasteiger charge is 2.34. The quantitative estimate of drug-likeness (QED) is 0.653. The standard InChI is InChI=1S/C22H19F3N4O2/c1-31-16-8-6-14(7-9-16)20-26-12-15-13-29(11-10-18(15)27-20)21(30)28-19-5-3-2-4-17(19)22(23,24)25/h2-9,12H,10-11,13H2,1H3,(H,28,30). The monoisotopic (exact) mass is 428 g/mol. The molecule has 1 aliphatic heterocycles. The van der Waals surface area contributed by atoms with Crippen LogP contribution in [-0.2, 0) is 19.1 Å².